The van der Waals surface area contributed by atoms with Crippen molar-refractivity contribution >= 4 is 39.5 Å². The van der Waals surface area contributed by atoms with Crippen LogP contribution in [0.25, 0.3) is 0 Å². The van der Waals surface area contributed by atoms with Crippen molar-refractivity contribution in [3.63, 3.8) is 0 Å². The Balaban J connectivity index is 5.19. The van der Waals surface area contributed by atoms with Crippen molar-refractivity contribution in [1.82, 2.24) is 0 Å². The highest BCUT2D eigenvalue weighted by Crippen LogP contribution is 2.45. The fraction of sp³-hybridized carbons (Fsp3) is 0.929. The molecule has 6 atom stereocenters. The van der Waals surface area contributed by atoms with Gasteiger partial charge in [-0.15, -0.1) is 0 Å². The molecule has 3 unspecified atom stereocenters. The Kier molecular flexibility index (Phi) is 47.9. The number of aliphatic hydroxyl groups is 1. The average Bonchev–Trinajstić information content (AvgIpc) is 3.37. The molecule has 0 aliphatic rings. The number of ether oxygens (including phenoxy) is 4. The molecule has 3 N–H and O–H groups in total. The van der Waals surface area contributed by atoms with Gasteiger partial charge >= 0.3 is 39.5 Å². The SMILES string of the molecule is CCCCCCCCCCCC(=O)O[C@H](COC(=O)CCCCCCC)COP(=O)(O)OC[C@H](O)COP(=O)(O)OC[C@@H](COC(=O)CCCCCCCCC(C)C)OC(=O)CCCCCCCCCCC(C)CC. The minimum atomic E-state index is -4.93. The number of carbonyl (C=O) groups excluding carboxylic acids is 4. The van der Waals surface area contributed by atoms with Crippen LogP contribution in [0.3, 0.4) is 0 Å². The van der Waals surface area contributed by atoms with Gasteiger partial charge in [-0.3, -0.25) is 37.3 Å². The number of unbranched alkanes of at least 4 members (excludes halogenated alkanes) is 24. The van der Waals surface area contributed by atoms with Gasteiger partial charge in [-0.05, 0) is 37.5 Å². The van der Waals surface area contributed by atoms with Crippen LogP contribution in [0.2, 0.25) is 0 Å². The summed E-state index contributed by atoms with van der Waals surface area (Å²) in [7, 11) is -9.86. The van der Waals surface area contributed by atoms with E-state index >= 15 is 0 Å². The number of hydrogen-bond donors (Lipinski definition) is 3. The maximum absolute atomic E-state index is 12.9. The molecule has 17 nitrogen and oxygen atoms in total. The van der Waals surface area contributed by atoms with Gasteiger partial charge in [0.15, 0.2) is 12.2 Å². The Morgan fingerprint density at radius 3 is 1.01 bits per heavy atom. The normalized spacial score (nSPS) is 14.9. The van der Waals surface area contributed by atoms with Gasteiger partial charge < -0.3 is 33.8 Å². The summed E-state index contributed by atoms with van der Waals surface area (Å²) in [6, 6.07) is 0. The molecule has 0 aromatic carbocycles. The predicted molar refractivity (Wildman–Crippen MR) is 294 cm³/mol. The van der Waals surface area contributed by atoms with E-state index < -0.39 is 97.5 Å². The van der Waals surface area contributed by atoms with E-state index in [1.54, 1.807) is 0 Å². The largest absolute Gasteiger partial charge is 0.472 e. The van der Waals surface area contributed by atoms with Gasteiger partial charge in [0.05, 0.1) is 26.4 Å². The van der Waals surface area contributed by atoms with Crippen LogP contribution in [-0.4, -0.2) is 96.7 Å². The molecule has 75 heavy (non-hydrogen) atoms. The van der Waals surface area contributed by atoms with E-state index in [9.17, 15) is 43.2 Å². The van der Waals surface area contributed by atoms with Gasteiger partial charge in [0.25, 0.3) is 0 Å². The lowest BCUT2D eigenvalue weighted by Gasteiger charge is -2.21. The van der Waals surface area contributed by atoms with Crippen LogP contribution < -0.4 is 0 Å². The molecule has 0 rings (SSSR count). The lowest BCUT2D eigenvalue weighted by Crippen LogP contribution is -2.30. The molecular weight excluding hydrogens is 1010 g/mol. The Labute approximate surface area is 454 Å². The molecular formula is C56H108O17P2. The van der Waals surface area contributed by atoms with Gasteiger partial charge in [-0.1, -0.05) is 215 Å². The van der Waals surface area contributed by atoms with Gasteiger partial charge in [0, 0.05) is 25.7 Å². The van der Waals surface area contributed by atoms with Gasteiger partial charge in [0.1, 0.15) is 19.3 Å². The molecule has 0 fully saturated rings. The van der Waals surface area contributed by atoms with Crippen molar-refractivity contribution in [3.8, 4) is 0 Å². The average molecular weight is 1120 g/mol. The van der Waals surface area contributed by atoms with Crippen molar-refractivity contribution < 1.29 is 80.2 Å². The summed E-state index contributed by atoms with van der Waals surface area (Å²) in [4.78, 5) is 71.5. The summed E-state index contributed by atoms with van der Waals surface area (Å²) >= 11 is 0. The van der Waals surface area contributed by atoms with Crippen LogP contribution in [-0.2, 0) is 65.4 Å². The standard InChI is InChI=1S/C56H108O17P2/c1-7-10-12-14-15-16-20-28-34-40-55(60)72-51(44-66-53(58)38-32-24-13-11-8-2)46-70-74(62,63)68-42-50(57)43-69-75(64,65)71-47-52(45-67-54(59)39-33-27-23-22-25-30-36-48(4)5)73-56(61)41-35-29-21-18-17-19-26-31-37-49(6)9-3/h48-52,57H,7-47H2,1-6H3,(H,62,63)(H,64,65)/t49?,50-,51+,52+/m0/s1. The van der Waals surface area contributed by atoms with Crippen LogP contribution in [0.4, 0.5) is 0 Å². The second kappa shape index (κ2) is 49.1. The van der Waals surface area contributed by atoms with E-state index in [4.69, 9.17) is 37.0 Å². The van der Waals surface area contributed by atoms with E-state index in [1.165, 1.54) is 70.6 Å². The Morgan fingerprint density at radius 2 is 0.680 bits per heavy atom. The highest BCUT2D eigenvalue weighted by Gasteiger charge is 2.30. The molecule has 0 amide bonds. The smallest absolute Gasteiger partial charge is 0.462 e. The Bertz CT molecular complexity index is 1500. The molecule has 444 valence electrons. The molecule has 0 bridgehead atoms. The second-order valence-electron chi connectivity index (χ2n) is 21.0. The molecule has 0 saturated carbocycles. The minimum Gasteiger partial charge on any atom is -0.462 e. The zero-order valence-electron chi connectivity index (χ0n) is 47.8. The van der Waals surface area contributed by atoms with Crippen LogP contribution in [0.15, 0.2) is 0 Å². The maximum atomic E-state index is 12.9. The molecule has 0 aromatic heterocycles. The number of hydrogen-bond acceptors (Lipinski definition) is 15. The number of phosphoric acid groups is 2. The molecule has 0 heterocycles. The summed E-state index contributed by atoms with van der Waals surface area (Å²) in [6.07, 6.45) is 28.4. The van der Waals surface area contributed by atoms with E-state index in [0.29, 0.717) is 31.6 Å². The summed E-state index contributed by atoms with van der Waals surface area (Å²) in [5.74, 6) is -0.711. The lowest BCUT2D eigenvalue weighted by molar-refractivity contribution is -0.161. The van der Waals surface area contributed by atoms with Crippen molar-refractivity contribution in [1.29, 1.82) is 0 Å². The third-order valence-electron chi connectivity index (χ3n) is 13.1. The molecule has 0 aliphatic heterocycles. The van der Waals surface area contributed by atoms with Crippen LogP contribution in [0.5, 0.6) is 0 Å². The molecule has 0 aromatic rings. The number of aliphatic hydroxyl groups excluding tert-OH is 1. The van der Waals surface area contributed by atoms with Gasteiger partial charge in [-0.25, -0.2) is 9.13 Å². The molecule has 0 aliphatic carbocycles. The van der Waals surface area contributed by atoms with Crippen molar-refractivity contribution in [2.75, 3.05) is 39.6 Å². The van der Waals surface area contributed by atoms with Gasteiger partial charge in [-0.2, -0.15) is 0 Å². The monoisotopic (exact) mass is 1110 g/mol. The Morgan fingerprint density at radius 1 is 0.387 bits per heavy atom. The predicted octanol–water partition coefficient (Wildman–Crippen LogP) is 14.5. The second-order valence-corrected chi connectivity index (χ2v) is 23.9. The van der Waals surface area contributed by atoms with E-state index in [0.717, 1.165) is 109 Å². The first kappa shape index (κ1) is 73.1. The first-order valence-electron chi connectivity index (χ1n) is 29.5. The van der Waals surface area contributed by atoms with E-state index in [2.05, 4.69) is 41.5 Å². The molecule has 0 radical (unpaired) electrons. The fourth-order valence-corrected chi connectivity index (χ4v) is 9.66. The van der Waals surface area contributed by atoms with E-state index in [1.807, 2.05) is 0 Å². The number of carbonyl (C=O) groups is 4. The minimum absolute atomic E-state index is 0.104. The van der Waals surface area contributed by atoms with Crippen LogP contribution in [0, 0.1) is 11.8 Å². The topological polar surface area (TPSA) is 237 Å². The lowest BCUT2D eigenvalue weighted by atomic mass is 9.99. The maximum Gasteiger partial charge on any atom is 0.472 e. The summed E-state index contributed by atoms with van der Waals surface area (Å²) in [5.41, 5.74) is 0. The number of phosphoric ester groups is 2. The number of rotatable bonds is 55. The fourth-order valence-electron chi connectivity index (χ4n) is 8.08. The van der Waals surface area contributed by atoms with Crippen molar-refractivity contribution in [2.24, 2.45) is 11.8 Å². The third-order valence-corrected chi connectivity index (χ3v) is 15.0. The van der Waals surface area contributed by atoms with Crippen molar-refractivity contribution in [3.05, 3.63) is 0 Å². The quantitative estimate of drug-likeness (QED) is 0.0222. The first-order chi connectivity index (χ1) is 35.9. The first-order valence-corrected chi connectivity index (χ1v) is 32.5. The van der Waals surface area contributed by atoms with Crippen molar-refractivity contribution in [2.45, 2.75) is 285 Å². The highest BCUT2D eigenvalue weighted by atomic mass is 31.2. The Hall–Kier alpha value is -1.94. The van der Waals surface area contributed by atoms with Crippen LogP contribution >= 0.6 is 15.6 Å². The number of esters is 4. The third kappa shape index (κ3) is 50.1. The van der Waals surface area contributed by atoms with Crippen LogP contribution in [0.1, 0.15) is 266 Å². The summed E-state index contributed by atoms with van der Waals surface area (Å²) < 4.78 is 67.4. The molecule has 0 saturated heterocycles. The zero-order valence-corrected chi connectivity index (χ0v) is 49.6. The van der Waals surface area contributed by atoms with Gasteiger partial charge in [0.2, 0.25) is 0 Å². The summed E-state index contributed by atoms with van der Waals surface area (Å²) in [5, 5.41) is 10.5. The van der Waals surface area contributed by atoms with E-state index in [-0.39, 0.29) is 25.7 Å². The highest BCUT2D eigenvalue weighted by molar-refractivity contribution is 7.47. The molecule has 0 spiro atoms. The summed E-state index contributed by atoms with van der Waals surface area (Å²) in [6.45, 7) is 9.23. The molecule has 19 heteroatoms. The zero-order chi connectivity index (χ0) is 55.8.